The first-order chi connectivity index (χ1) is 17.9. The number of para-hydroxylation sites is 3. The third-order valence-corrected chi connectivity index (χ3v) is 4.25. The van der Waals surface area contributed by atoms with Crippen molar-refractivity contribution in [2.75, 3.05) is 0 Å². The summed E-state index contributed by atoms with van der Waals surface area (Å²) in [6, 6.07) is 23.1. The minimum absolute atomic E-state index is 0.0671. The quantitative estimate of drug-likeness (QED) is 0.176. The standard InChI is InChI=1S/3C7H6O3.C6H6O2/c3*8-6-4-2-1-3-5(6)7(9)10;7-5-1-2-6(8)4-3-5/h3*1-4,8H,(H,9,10);1-4,7-8H. The van der Waals surface area contributed by atoms with E-state index in [1.54, 1.807) is 36.4 Å². The van der Waals surface area contributed by atoms with E-state index in [2.05, 4.69) is 0 Å². The van der Waals surface area contributed by atoms with Crippen LogP contribution < -0.4 is 0 Å². The Hall–Kier alpha value is -5.71. The second kappa shape index (κ2) is 15.3. The van der Waals surface area contributed by atoms with Gasteiger partial charge in [0.2, 0.25) is 0 Å². The van der Waals surface area contributed by atoms with Crippen LogP contribution in [0.1, 0.15) is 31.1 Å². The second-order valence-electron chi connectivity index (χ2n) is 6.98. The van der Waals surface area contributed by atoms with Crippen molar-refractivity contribution in [1.29, 1.82) is 0 Å². The number of hydrogen-bond donors (Lipinski definition) is 8. The van der Waals surface area contributed by atoms with Crippen LogP contribution >= 0.6 is 0 Å². The second-order valence-corrected chi connectivity index (χ2v) is 6.98. The van der Waals surface area contributed by atoms with Crippen molar-refractivity contribution in [2.45, 2.75) is 0 Å². The SMILES string of the molecule is O=C(O)c1ccccc1O.O=C(O)c1ccccc1O.O=C(O)c1ccccc1O.Oc1ccc(O)cc1. The first-order valence-electron chi connectivity index (χ1n) is 10.5. The number of benzene rings is 4. The number of carboxylic acid groups (broad SMARTS) is 3. The predicted molar refractivity (Wildman–Crippen MR) is 135 cm³/mol. The fourth-order valence-electron chi connectivity index (χ4n) is 2.42. The van der Waals surface area contributed by atoms with E-state index in [0.29, 0.717) is 0 Å². The van der Waals surface area contributed by atoms with Crippen molar-refractivity contribution >= 4 is 17.9 Å². The van der Waals surface area contributed by atoms with Gasteiger partial charge in [0.05, 0.1) is 0 Å². The molecule has 0 fully saturated rings. The Morgan fingerprint density at radius 2 is 0.579 bits per heavy atom. The summed E-state index contributed by atoms with van der Waals surface area (Å²) >= 11 is 0. The average Bonchev–Trinajstić information content (AvgIpc) is 2.87. The summed E-state index contributed by atoms with van der Waals surface area (Å²) in [4.78, 5) is 30.8. The van der Waals surface area contributed by atoms with Crippen LogP contribution in [-0.2, 0) is 0 Å². The highest BCUT2D eigenvalue weighted by Gasteiger charge is 2.07. The molecular weight excluding hydrogens is 500 g/mol. The molecule has 0 aliphatic heterocycles. The van der Waals surface area contributed by atoms with Gasteiger partial charge in [-0.05, 0) is 60.7 Å². The Morgan fingerprint density at radius 1 is 0.368 bits per heavy atom. The molecule has 0 heterocycles. The highest BCUT2D eigenvalue weighted by molar-refractivity contribution is 5.91. The molecule has 0 saturated heterocycles. The van der Waals surface area contributed by atoms with Crippen molar-refractivity contribution in [3.63, 3.8) is 0 Å². The minimum atomic E-state index is -1.11. The van der Waals surface area contributed by atoms with Gasteiger partial charge in [0, 0.05) is 0 Å². The zero-order valence-electron chi connectivity index (χ0n) is 19.5. The Kier molecular flexibility index (Phi) is 12.2. The maximum absolute atomic E-state index is 10.3. The molecule has 0 bridgehead atoms. The molecule has 11 nitrogen and oxygen atoms in total. The third-order valence-electron chi connectivity index (χ3n) is 4.25. The highest BCUT2D eigenvalue weighted by Crippen LogP contribution is 2.16. The van der Waals surface area contributed by atoms with Crippen molar-refractivity contribution in [3.8, 4) is 28.7 Å². The molecule has 8 N–H and O–H groups in total. The van der Waals surface area contributed by atoms with E-state index >= 15 is 0 Å². The van der Waals surface area contributed by atoms with Gasteiger partial charge in [-0.25, -0.2) is 14.4 Å². The topological polar surface area (TPSA) is 213 Å². The molecule has 0 aliphatic rings. The molecule has 0 spiro atoms. The summed E-state index contributed by atoms with van der Waals surface area (Å²) in [6.45, 7) is 0. The van der Waals surface area contributed by atoms with Gasteiger partial charge in [-0.3, -0.25) is 0 Å². The van der Waals surface area contributed by atoms with Crippen LogP contribution in [0.4, 0.5) is 0 Å². The third kappa shape index (κ3) is 10.7. The first-order valence-corrected chi connectivity index (χ1v) is 10.5. The summed E-state index contributed by atoms with van der Waals surface area (Å²) < 4.78 is 0. The van der Waals surface area contributed by atoms with Crippen LogP contribution in [0.2, 0.25) is 0 Å². The molecule has 0 aromatic heterocycles. The van der Waals surface area contributed by atoms with Crippen molar-refractivity contribution in [2.24, 2.45) is 0 Å². The lowest BCUT2D eigenvalue weighted by Gasteiger charge is -1.95. The smallest absolute Gasteiger partial charge is 0.339 e. The fraction of sp³-hybridized carbons (Fsp3) is 0. The molecule has 198 valence electrons. The van der Waals surface area contributed by atoms with Gasteiger partial charge in [0.15, 0.2) is 0 Å². The summed E-state index contributed by atoms with van der Waals surface area (Å²) in [5, 5.41) is 69.2. The lowest BCUT2D eigenvalue weighted by Crippen LogP contribution is -1.95. The monoisotopic (exact) mass is 524 g/mol. The van der Waals surface area contributed by atoms with E-state index in [9.17, 15) is 14.4 Å². The van der Waals surface area contributed by atoms with Crippen LogP contribution in [0.3, 0.4) is 0 Å². The number of aromatic carboxylic acids is 3. The van der Waals surface area contributed by atoms with Gasteiger partial charge < -0.3 is 40.9 Å². The van der Waals surface area contributed by atoms with Crippen LogP contribution in [0.5, 0.6) is 28.7 Å². The zero-order chi connectivity index (χ0) is 28.7. The maximum atomic E-state index is 10.3. The number of hydrogen-bond acceptors (Lipinski definition) is 8. The lowest BCUT2D eigenvalue weighted by molar-refractivity contribution is 0.0682. The molecule has 4 aromatic carbocycles. The molecule has 0 aliphatic carbocycles. The van der Waals surface area contributed by atoms with E-state index in [0.717, 1.165) is 0 Å². The van der Waals surface area contributed by atoms with E-state index in [4.69, 9.17) is 40.9 Å². The largest absolute Gasteiger partial charge is 0.508 e. The van der Waals surface area contributed by atoms with Crippen molar-refractivity contribution in [1.82, 2.24) is 0 Å². The predicted octanol–water partition coefficient (Wildman–Crippen LogP) is 4.37. The number of carbonyl (C=O) groups is 3. The molecule has 0 radical (unpaired) electrons. The van der Waals surface area contributed by atoms with Crippen LogP contribution in [0, 0.1) is 0 Å². The number of aromatic hydroxyl groups is 5. The van der Waals surface area contributed by atoms with Gasteiger partial charge in [-0.1, -0.05) is 36.4 Å². The Bertz CT molecular complexity index is 1200. The molecule has 0 saturated carbocycles. The molecule has 0 atom stereocenters. The maximum Gasteiger partial charge on any atom is 0.339 e. The number of rotatable bonds is 3. The van der Waals surface area contributed by atoms with E-state index < -0.39 is 17.9 Å². The van der Waals surface area contributed by atoms with Crippen LogP contribution in [-0.4, -0.2) is 58.8 Å². The normalized spacial score (nSPS) is 9.16. The fourth-order valence-corrected chi connectivity index (χ4v) is 2.42. The van der Waals surface area contributed by atoms with E-state index in [1.807, 2.05) is 0 Å². The van der Waals surface area contributed by atoms with Crippen LogP contribution in [0.25, 0.3) is 0 Å². The molecule has 0 amide bonds. The zero-order valence-corrected chi connectivity index (χ0v) is 19.5. The molecule has 38 heavy (non-hydrogen) atoms. The molecular formula is C27H24O11. The lowest BCUT2D eigenvalue weighted by atomic mass is 10.2. The Labute approximate surface area is 216 Å². The molecule has 11 heteroatoms. The Morgan fingerprint density at radius 3 is 0.737 bits per heavy atom. The number of phenols is 5. The summed E-state index contributed by atoms with van der Waals surface area (Å²) in [6.07, 6.45) is 0. The first kappa shape index (κ1) is 30.3. The summed E-state index contributed by atoms with van der Waals surface area (Å²) in [5.41, 5.74) is -0.201. The number of carboxylic acids is 3. The van der Waals surface area contributed by atoms with E-state index in [1.165, 1.54) is 60.7 Å². The van der Waals surface area contributed by atoms with Gasteiger partial charge in [-0.15, -0.1) is 0 Å². The molecule has 0 unspecified atom stereocenters. The Balaban J connectivity index is 0.000000254. The van der Waals surface area contributed by atoms with Crippen molar-refractivity contribution < 1.29 is 55.2 Å². The van der Waals surface area contributed by atoms with Crippen molar-refractivity contribution in [3.05, 3.63) is 114 Å². The summed E-state index contributed by atoms with van der Waals surface area (Å²) in [7, 11) is 0. The van der Waals surface area contributed by atoms with Gasteiger partial charge >= 0.3 is 17.9 Å². The number of phenolic OH excluding ortho intramolecular Hbond substituents is 2. The summed E-state index contributed by atoms with van der Waals surface area (Å²) in [5.74, 6) is -3.60. The average molecular weight is 524 g/mol. The minimum Gasteiger partial charge on any atom is -0.508 e. The molecule has 4 rings (SSSR count). The van der Waals surface area contributed by atoms with E-state index in [-0.39, 0.29) is 45.4 Å². The highest BCUT2D eigenvalue weighted by atomic mass is 16.4. The van der Waals surface area contributed by atoms with Crippen LogP contribution in [0.15, 0.2) is 97.1 Å². The molecule has 4 aromatic rings. The van der Waals surface area contributed by atoms with Gasteiger partial charge in [0.25, 0.3) is 0 Å². The van der Waals surface area contributed by atoms with Gasteiger partial charge in [0.1, 0.15) is 45.4 Å². The van der Waals surface area contributed by atoms with Gasteiger partial charge in [-0.2, -0.15) is 0 Å².